The van der Waals surface area contributed by atoms with Crippen LogP contribution < -0.4 is 5.73 Å². The fraction of sp³-hybridized carbons (Fsp3) is 0.909. The number of hydrogen-bond donors (Lipinski definition) is 2. The summed E-state index contributed by atoms with van der Waals surface area (Å²) in [7, 11) is 0. The molecule has 0 spiro atoms. The van der Waals surface area contributed by atoms with Gasteiger partial charge in [0, 0.05) is 5.41 Å². The van der Waals surface area contributed by atoms with E-state index in [-0.39, 0.29) is 5.41 Å². The van der Waals surface area contributed by atoms with Crippen molar-refractivity contribution in [3.8, 4) is 0 Å². The van der Waals surface area contributed by atoms with Gasteiger partial charge in [-0.15, -0.1) is 0 Å². The molecule has 0 radical (unpaired) electrons. The molecule has 4 atom stereocenters. The number of fused-ring (bicyclic) bond motifs is 2. The van der Waals surface area contributed by atoms with E-state index in [1.54, 1.807) is 0 Å². The summed E-state index contributed by atoms with van der Waals surface area (Å²) in [5, 5.41) is 9.02. The molecular weight excluding hydrogens is 194 g/mol. The van der Waals surface area contributed by atoms with Crippen LogP contribution in [0.3, 0.4) is 0 Å². The lowest BCUT2D eigenvalue weighted by Gasteiger charge is -2.30. The zero-order chi connectivity index (χ0) is 10.6. The van der Waals surface area contributed by atoms with E-state index in [4.69, 9.17) is 15.6 Å². The minimum Gasteiger partial charge on any atom is -0.480 e. The monoisotopic (exact) mass is 211 g/mol. The zero-order valence-corrected chi connectivity index (χ0v) is 8.69. The second kappa shape index (κ2) is 2.95. The number of carbonyl (C=O) groups is 1. The maximum Gasteiger partial charge on any atom is 0.321 e. The van der Waals surface area contributed by atoms with Crippen molar-refractivity contribution in [2.45, 2.75) is 50.4 Å². The van der Waals surface area contributed by atoms with E-state index in [1.165, 1.54) is 0 Å². The van der Waals surface area contributed by atoms with Crippen LogP contribution in [0.25, 0.3) is 0 Å². The minimum atomic E-state index is -0.852. The molecule has 4 heteroatoms. The molecule has 3 aliphatic rings. The van der Waals surface area contributed by atoms with E-state index in [0.29, 0.717) is 18.1 Å². The molecule has 0 aromatic carbocycles. The van der Waals surface area contributed by atoms with Crippen LogP contribution in [0.1, 0.15) is 32.1 Å². The van der Waals surface area contributed by atoms with Gasteiger partial charge in [-0.1, -0.05) is 0 Å². The Hall–Kier alpha value is -0.610. The summed E-state index contributed by atoms with van der Waals surface area (Å²) in [6, 6.07) is -0.689. The molecule has 2 aliphatic heterocycles. The van der Waals surface area contributed by atoms with Crippen LogP contribution in [-0.4, -0.2) is 29.3 Å². The van der Waals surface area contributed by atoms with Crippen molar-refractivity contribution in [2.75, 3.05) is 0 Å². The van der Waals surface area contributed by atoms with E-state index >= 15 is 0 Å². The number of hydrogen-bond acceptors (Lipinski definition) is 3. The summed E-state index contributed by atoms with van der Waals surface area (Å²) in [5.74, 6) is -0.447. The number of ether oxygens (including phenoxy) is 1. The smallest absolute Gasteiger partial charge is 0.321 e. The van der Waals surface area contributed by atoms with Crippen molar-refractivity contribution in [3.05, 3.63) is 0 Å². The first-order valence-corrected chi connectivity index (χ1v) is 5.77. The van der Waals surface area contributed by atoms with Crippen LogP contribution in [0.2, 0.25) is 0 Å². The molecule has 0 aromatic rings. The number of aliphatic carboxylic acids is 1. The highest BCUT2D eigenvalue weighted by atomic mass is 16.5. The summed E-state index contributed by atoms with van der Waals surface area (Å²) in [6.45, 7) is 0. The van der Waals surface area contributed by atoms with Crippen molar-refractivity contribution in [1.82, 2.24) is 0 Å². The molecule has 1 saturated carbocycles. The number of nitrogens with two attached hydrogens (primary N) is 1. The van der Waals surface area contributed by atoms with Crippen LogP contribution >= 0.6 is 0 Å². The van der Waals surface area contributed by atoms with Gasteiger partial charge in [-0.2, -0.15) is 0 Å². The first-order chi connectivity index (χ1) is 7.13. The highest BCUT2D eigenvalue weighted by Crippen LogP contribution is 2.61. The first-order valence-electron chi connectivity index (χ1n) is 5.77. The minimum absolute atomic E-state index is 0.133. The molecule has 1 aliphatic carbocycles. The van der Waals surface area contributed by atoms with Crippen molar-refractivity contribution >= 4 is 5.97 Å². The highest BCUT2D eigenvalue weighted by molar-refractivity contribution is 5.75. The average molecular weight is 211 g/mol. The quantitative estimate of drug-likeness (QED) is 0.722. The zero-order valence-electron chi connectivity index (χ0n) is 8.69. The lowest BCUT2D eigenvalue weighted by molar-refractivity contribution is -0.141. The normalized spacial score (nSPS) is 42.9. The van der Waals surface area contributed by atoms with E-state index in [9.17, 15) is 4.79 Å². The molecule has 2 heterocycles. The molecule has 2 bridgehead atoms. The Balaban J connectivity index is 1.79. The van der Waals surface area contributed by atoms with Crippen molar-refractivity contribution < 1.29 is 14.6 Å². The lowest BCUT2D eigenvalue weighted by atomic mass is 9.74. The number of carboxylic acids is 1. The maximum absolute atomic E-state index is 11.0. The van der Waals surface area contributed by atoms with Gasteiger partial charge in [0.05, 0.1) is 12.2 Å². The van der Waals surface area contributed by atoms with Gasteiger partial charge in [-0.05, 0) is 38.0 Å². The number of rotatable bonds is 3. The lowest BCUT2D eigenvalue weighted by Crippen LogP contribution is -2.45. The molecule has 0 amide bonds. The Kier molecular flexibility index (Phi) is 1.89. The summed E-state index contributed by atoms with van der Waals surface area (Å²) in [6.07, 6.45) is 5.91. The summed E-state index contributed by atoms with van der Waals surface area (Å²) < 4.78 is 5.79. The van der Waals surface area contributed by atoms with Gasteiger partial charge in [0.15, 0.2) is 0 Å². The van der Waals surface area contributed by atoms with Crippen LogP contribution in [0, 0.1) is 11.3 Å². The Morgan fingerprint density at radius 3 is 2.60 bits per heavy atom. The summed E-state index contributed by atoms with van der Waals surface area (Å²) in [5.41, 5.74) is 5.68. The van der Waals surface area contributed by atoms with Crippen LogP contribution in [-0.2, 0) is 9.53 Å². The van der Waals surface area contributed by atoms with Crippen LogP contribution in [0.4, 0.5) is 0 Å². The van der Waals surface area contributed by atoms with Gasteiger partial charge < -0.3 is 15.6 Å². The van der Waals surface area contributed by atoms with Gasteiger partial charge in [0.1, 0.15) is 6.04 Å². The summed E-state index contributed by atoms with van der Waals surface area (Å²) >= 11 is 0. The van der Waals surface area contributed by atoms with Gasteiger partial charge in [-0.3, -0.25) is 4.79 Å². The van der Waals surface area contributed by atoms with E-state index in [0.717, 1.165) is 32.1 Å². The Morgan fingerprint density at radius 2 is 2.20 bits per heavy atom. The molecule has 15 heavy (non-hydrogen) atoms. The SMILES string of the molecule is NC(C(=O)O)C1(C2CC3CCC2O3)CC1. The second-order valence-electron chi connectivity index (χ2n) is 5.27. The Labute approximate surface area is 88.8 Å². The fourth-order valence-electron chi connectivity index (χ4n) is 3.55. The second-order valence-corrected chi connectivity index (χ2v) is 5.27. The van der Waals surface area contributed by atoms with Crippen molar-refractivity contribution in [1.29, 1.82) is 0 Å². The molecule has 3 fully saturated rings. The van der Waals surface area contributed by atoms with Crippen LogP contribution in [0.15, 0.2) is 0 Å². The van der Waals surface area contributed by atoms with Crippen molar-refractivity contribution in [2.24, 2.45) is 17.1 Å². The molecule has 0 aromatic heterocycles. The predicted molar refractivity (Wildman–Crippen MR) is 53.3 cm³/mol. The Morgan fingerprint density at radius 1 is 1.47 bits per heavy atom. The van der Waals surface area contributed by atoms with Crippen LogP contribution in [0.5, 0.6) is 0 Å². The standard InChI is InChI=1S/C11H17NO3/c12-9(10(13)14)11(3-4-11)7-5-6-1-2-8(7)15-6/h6-9H,1-5,12H2,(H,13,14). The van der Waals surface area contributed by atoms with E-state index in [2.05, 4.69) is 0 Å². The third-order valence-electron chi connectivity index (χ3n) is 4.56. The Bertz CT molecular complexity index is 300. The predicted octanol–water partition coefficient (Wildman–Crippen LogP) is 0.746. The molecule has 3 N–H and O–H groups in total. The first kappa shape index (κ1) is 9.60. The topological polar surface area (TPSA) is 72.6 Å². The van der Waals surface area contributed by atoms with Gasteiger partial charge in [0.2, 0.25) is 0 Å². The summed E-state index contributed by atoms with van der Waals surface area (Å²) in [4.78, 5) is 11.0. The molecule has 3 rings (SSSR count). The van der Waals surface area contributed by atoms with Gasteiger partial charge >= 0.3 is 5.97 Å². The molecule has 2 saturated heterocycles. The highest BCUT2D eigenvalue weighted by Gasteiger charge is 2.61. The molecule has 4 nitrogen and oxygen atoms in total. The third kappa shape index (κ3) is 1.24. The third-order valence-corrected chi connectivity index (χ3v) is 4.56. The number of carboxylic acid groups (broad SMARTS) is 1. The fourth-order valence-corrected chi connectivity index (χ4v) is 3.55. The van der Waals surface area contributed by atoms with E-state index in [1.807, 2.05) is 0 Å². The molecular formula is C11H17NO3. The van der Waals surface area contributed by atoms with Gasteiger partial charge in [0.25, 0.3) is 0 Å². The molecule has 84 valence electrons. The van der Waals surface area contributed by atoms with Crippen molar-refractivity contribution in [3.63, 3.8) is 0 Å². The molecule has 4 unspecified atom stereocenters. The largest absolute Gasteiger partial charge is 0.480 e. The van der Waals surface area contributed by atoms with E-state index < -0.39 is 12.0 Å². The average Bonchev–Trinajstić information content (AvgIpc) is 2.74. The maximum atomic E-state index is 11.0. The van der Waals surface area contributed by atoms with Gasteiger partial charge in [-0.25, -0.2) is 0 Å².